The summed E-state index contributed by atoms with van der Waals surface area (Å²) in [5.74, 6) is -0.506. The molecule has 1 saturated heterocycles. The van der Waals surface area contributed by atoms with Crippen LogP contribution >= 0.6 is 0 Å². The van der Waals surface area contributed by atoms with Crippen LogP contribution in [-0.4, -0.2) is 40.5 Å². The first-order valence-electron chi connectivity index (χ1n) is 9.03. The first kappa shape index (κ1) is 17.1. The van der Waals surface area contributed by atoms with Crippen LogP contribution in [0.15, 0.2) is 35.3 Å². The molecule has 2 fully saturated rings. The van der Waals surface area contributed by atoms with Crippen molar-refractivity contribution in [2.24, 2.45) is 0 Å². The zero-order valence-corrected chi connectivity index (χ0v) is 14.8. The van der Waals surface area contributed by atoms with Gasteiger partial charge in [-0.3, -0.25) is 9.36 Å². The van der Waals surface area contributed by atoms with Crippen molar-refractivity contribution in [3.8, 4) is 5.69 Å². The maximum Gasteiger partial charge on any atom is 0.330 e. The average molecular weight is 357 g/mol. The number of benzene rings is 1. The molecule has 0 unspecified atom stereocenters. The second kappa shape index (κ2) is 6.74. The van der Waals surface area contributed by atoms with Crippen LogP contribution in [0.1, 0.15) is 41.7 Å². The van der Waals surface area contributed by atoms with Crippen molar-refractivity contribution in [3.63, 3.8) is 0 Å². The second-order valence-corrected chi connectivity index (χ2v) is 6.97. The van der Waals surface area contributed by atoms with E-state index in [-0.39, 0.29) is 17.6 Å². The molecular weight excluding hydrogens is 334 g/mol. The average Bonchev–Trinajstić information content (AvgIpc) is 3.24. The molecule has 2 heterocycles. The Balaban J connectivity index is 1.39. The second-order valence-electron chi connectivity index (χ2n) is 6.97. The number of imidazole rings is 1. The summed E-state index contributed by atoms with van der Waals surface area (Å²) in [7, 11) is 0. The molecular formula is C19H23N3O4. The number of rotatable bonds is 3. The van der Waals surface area contributed by atoms with Crippen LogP contribution in [0, 0.1) is 6.92 Å². The molecule has 2 aromatic rings. The molecule has 26 heavy (non-hydrogen) atoms. The van der Waals surface area contributed by atoms with Crippen LogP contribution in [-0.2, 0) is 9.47 Å². The van der Waals surface area contributed by atoms with Crippen LogP contribution in [0.3, 0.4) is 0 Å². The maximum atomic E-state index is 12.5. The summed E-state index contributed by atoms with van der Waals surface area (Å²) >= 11 is 0. The topological polar surface area (TPSA) is 85.4 Å². The standard InChI is InChI=1S/C19H23N3O4/c1-13-12-20-18(24)22(13)16-4-2-14(3-5-16)17(23)21-15-6-8-19(9-7-15)25-10-11-26-19/h2-5,12,15H,6-11H2,1H3,(H,20,24)(H,21,23). The molecule has 0 bridgehead atoms. The van der Waals surface area contributed by atoms with E-state index >= 15 is 0 Å². The van der Waals surface area contributed by atoms with E-state index < -0.39 is 5.79 Å². The Hall–Kier alpha value is -2.38. The number of hydrogen-bond acceptors (Lipinski definition) is 4. The van der Waals surface area contributed by atoms with Gasteiger partial charge < -0.3 is 19.8 Å². The van der Waals surface area contributed by atoms with Gasteiger partial charge in [0.2, 0.25) is 0 Å². The van der Waals surface area contributed by atoms with Gasteiger partial charge in [-0.15, -0.1) is 0 Å². The van der Waals surface area contributed by atoms with Crippen LogP contribution in [0.2, 0.25) is 0 Å². The van der Waals surface area contributed by atoms with Crippen molar-refractivity contribution in [3.05, 3.63) is 52.2 Å². The van der Waals surface area contributed by atoms with Gasteiger partial charge in [-0.25, -0.2) is 4.79 Å². The summed E-state index contributed by atoms with van der Waals surface area (Å²) in [6.07, 6.45) is 4.99. The minimum Gasteiger partial charge on any atom is -0.349 e. The van der Waals surface area contributed by atoms with Crippen LogP contribution in [0.5, 0.6) is 0 Å². The van der Waals surface area contributed by atoms with Crippen molar-refractivity contribution < 1.29 is 14.3 Å². The summed E-state index contributed by atoms with van der Waals surface area (Å²) in [5.41, 5.74) is 1.95. The van der Waals surface area contributed by atoms with E-state index in [2.05, 4.69) is 10.3 Å². The summed E-state index contributed by atoms with van der Waals surface area (Å²) in [4.78, 5) is 27.0. The van der Waals surface area contributed by atoms with Crippen LogP contribution in [0.25, 0.3) is 5.69 Å². The summed E-state index contributed by atoms with van der Waals surface area (Å²) in [6.45, 7) is 3.17. The monoisotopic (exact) mass is 357 g/mol. The summed E-state index contributed by atoms with van der Waals surface area (Å²) in [5, 5.41) is 3.09. The normalized spacial score (nSPS) is 19.7. The van der Waals surface area contributed by atoms with Crippen molar-refractivity contribution in [2.45, 2.75) is 44.4 Å². The highest BCUT2D eigenvalue weighted by Crippen LogP contribution is 2.35. The Morgan fingerprint density at radius 2 is 1.85 bits per heavy atom. The fraction of sp³-hybridized carbons (Fsp3) is 0.474. The molecule has 7 heteroatoms. The predicted molar refractivity (Wildman–Crippen MR) is 95.5 cm³/mol. The predicted octanol–water partition coefficient (Wildman–Crippen LogP) is 1.89. The number of aromatic nitrogens is 2. The van der Waals surface area contributed by atoms with Gasteiger partial charge in [-0.1, -0.05) is 0 Å². The lowest BCUT2D eigenvalue weighted by molar-refractivity contribution is -0.179. The lowest BCUT2D eigenvalue weighted by atomic mass is 9.90. The van der Waals surface area contributed by atoms with E-state index in [0.717, 1.165) is 37.1 Å². The van der Waals surface area contributed by atoms with E-state index in [4.69, 9.17) is 9.47 Å². The third kappa shape index (κ3) is 3.20. The van der Waals surface area contributed by atoms with Crippen molar-refractivity contribution in [1.82, 2.24) is 14.9 Å². The molecule has 1 amide bonds. The number of carbonyl (C=O) groups is 1. The van der Waals surface area contributed by atoms with Gasteiger partial charge >= 0.3 is 5.69 Å². The molecule has 0 atom stereocenters. The lowest BCUT2D eigenvalue weighted by Crippen LogP contribution is -2.44. The molecule has 1 aromatic carbocycles. The van der Waals surface area contributed by atoms with Gasteiger partial charge in [-0.05, 0) is 44.0 Å². The smallest absolute Gasteiger partial charge is 0.330 e. The highest BCUT2D eigenvalue weighted by molar-refractivity contribution is 5.94. The molecule has 1 aliphatic carbocycles. The van der Waals surface area contributed by atoms with Gasteiger partial charge in [0, 0.05) is 36.3 Å². The van der Waals surface area contributed by atoms with Crippen molar-refractivity contribution in [2.75, 3.05) is 13.2 Å². The Bertz CT molecular complexity index is 836. The Morgan fingerprint density at radius 1 is 1.19 bits per heavy atom. The zero-order chi connectivity index (χ0) is 18.1. The fourth-order valence-corrected chi connectivity index (χ4v) is 3.79. The van der Waals surface area contributed by atoms with Gasteiger partial charge in [0.25, 0.3) is 5.91 Å². The summed E-state index contributed by atoms with van der Waals surface area (Å²) in [6, 6.07) is 7.20. The third-order valence-electron chi connectivity index (χ3n) is 5.24. The Kier molecular flexibility index (Phi) is 4.42. The van der Waals surface area contributed by atoms with E-state index in [0.29, 0.717) is 18.8 Å². The molecule has 1 aliphatic heterocycles. The maximum absolute atomic E-state index is 12.5. The first-order chi connectivity index (χ1) is 12.6. The van der Waals surface area contributed by atoms with E-state index in [1.54, 1.807) is 35.0 Å². The minimum atomic E-state index is -0.412. The number of amides is 1. The number of aryl methyl sites for hydroxylation is 1. The Morgan fingerprint density at radius 3 is 2.42 bits per heavy atom. The van der Waals surface area contributed by atoms with Gasteiger partial charge in [0.05, 0.1) is 18.9 Å². The highest BCUT2D eigenvalue weighted by atomic mass is 16.7. The molecule has 0 radical (unpaired) electrons. The molecule has 1 aromatic heterocycles. The lowest BCUT2D eigenvalue weighted by Gasteiger charge is -2.35. The quantitative estimate of drug-likeness (QED) is 0.878. The number of carbonyl (C=O) groups excluding carboxylic acids is 1. The third-order valence-corrected chi connectivity index (χ3v) is 5.24. The van der Waals surface area contributed by atoms with E-state index in [1.165, 1.54) is 0 Å². The molecule has 4 rings (SSSR count). The largest absolute Gasteiger partial charge is 0.349 e. The van der Waals surface area contributed by atoms with Crippen LogP contribution < -0.4 is 11.0 Å². The van der Waals surface area contributed by atoms with E-state index in [9.17, 15) is 9.59 Å². The molecule has 7 nitrogen and oxygen atoms in total. The van der Waals surface area contributed by atoms with Crippen LogP contribution in [0.4, 0.5) is 0 Å². The fourth-order valence-electron chi connectivity index (χ4n) is 3.79. The first-order valence-corrected chi connectivity index (χ1v) is 9.03. The van der Waals surface area contributed by atoms with Gasteiger partial charge in [-0.2, -0.15) is 0 Å². The number of nitrogens with zero attached hydrogens (tertiary/aromatic N) is 1. The van der Waals surface area contributed by atoms with Gasteiger partial charge in [0.1, 0.15) is 0 Å². The summed E-state index contributed by atoms with van der Waals surface area (Å²) < 4.78 is 13.0. The minimum absolute atomic E-state index is 0.0936. The number of aromatic amines is 1. The molecule has 2 N–H and O–H groups in total. The molecule has 1 saturated carbocycles. The van der Waals surface area contributed by atoms with Gasteiger partial charge in [0.15, 0.2) is 5.79 Å². The highest BCUT2D eigenvalue weighted by Gasteiger charge is 2.40. The number of nitrogens with one attached hydrogen (secondary N) is 2. The Labute approximate surface area is 151 Å². The van der Waals surface area contributed by atoms with Crippen molar-refractivity contribution in [1.29, 1.82) is 0 Å². The zero-order valence-electron chi connectivity index (χ0n) is 14.8. The molecule has 138 valence electrons. The SMILES string of the molecule is Cc1c[nH]c(=O)n1-c1ccc(C(=O)NC2CCC3(CC2)OCCO3)cc1. The molecule has 2 aliphatic rings. The number of hydrogen-bond donors (Lipinski definition) is 2. The number of H-pyrrole nitrogens is 1. The number of ether oxygens (including phenoxy) is 2. The molecule has 1 spiro atoms. The van der Waals surface area contributed by atoms with Crippen molar-refractivity contribution >= 4 is 5.91 Å². The van der Waals surface area contributed by atoms with E-state index in [1.807, 2.05) is 6.92 Å².